The summed E-state index contributed by atoms with van der Waals surface area (Å²) in [4.78, 5) is 0. The van der Waals surface area contributed by atoms with Gasteiger partial charge in [-0.1, -0.05) is 251 Å². The maximum atomic E-state index is 11.8. The summed E-state index contributed by atoms with van der Waals surface area (Å²) in [5.41, 5.74) is -3.07. The van der Waals surface area contributed by atoms with Gasteiger partial charge in [-0.3, -0.25) is 0 Å². The molecule has 6 saturated heterocycles. The Bertz CT molecular complexity index is 2610. The van der Waals surface area contributed by atoms with E-state index in [1.807, 2.05) is 18.2 Å². The number of aliphatic hydroxyl groups is 24. The normalized spacial score (nSPS) is 35.0. The second-order valence-corrected chi connectivity index (χ2v) is 38.1. The Kier molecular flexibility index (Phi) is 52.8. The first-order valence-electron chi connectivity index (χ1n) is 48.6. The fourth-order valence-electron chi connectivity index (χ4n) is 18.9. The quantitative estimate of drug-likeness (QED) is 0.0408. The fraction of sp³-hybridized carbons (Fsp3) is 0.935. The predicted molar refractivity (Wildman–Crippen MR) is 466 cm³/mol. The van der Waals surface area contributed by atoms with Crippen molar-refractivity contribution in [2.75, 3.05) is 79.3 Å². The van der Waals surface area contributed by atoms with Crippen LogP contribution in [0.4, 0.5) is 0 Å². The van der Waals surface area contributed by atoms with E-state index in [0.29, 0.717) is 55.2 Å². The van der Waals surface area contributed by atoms with Gasteiger partial charge in [-0.2, -0.15) is 0 Å². The number of hydrogen-bond acceptors (Lipinski definition) is 36. The van der Waals surface area contributed by atoms with Gasteiger partial charge in [0.2, 0.25) is 0 Å². The molecule has 30 atom stereocenters. The Morgan fingerprint density at radius 2 is 0.341 bits per heavy atom. The molecule has 1 aromatic rings. The molecule has 129 heavy (non-hydrogen) atoms. The molecule has 0 amide bonds. The fourth-order valence-corrected chi connectivity index (χ4v) is 18.9. The second kappa shape index (κ2) is 59.9. The van der Waals surface area contributed by atoms with Crippen LogP contribution in [-0.2, 0) is 76.1 Å². The lowest BCUT2D eigenvalue weighted by Gasteiger charge is -2.44. The Morgan fingerprint density at radius 3 is 0.481 bits per heavy atom. The number of hydrogen-bond donors (Lipinski definition) is 24. The third kappa shape index (κ3) is 35.0. The second-order valence-electron chi connectivity index (χ2n) is 38.1. The molecule has 0 spiro atoms. The number of unbranched alkanes of at least 4 members (excludes halogenated alkanes) is 30. The summed E-state index contributed by atoms with van der Waals surface area (Å²) in [6.45, 7) is -1.33. The summed E-state index contributed by atoms with van der Waals surface area (Å²) in [6, 6.07) is 5.54. The van der Waals surface area contributed by atoms with Gasteiger partial charge < -0.3 is 179 Å². The van der Waals surface area contributed by atoms with Crippen LogP contribution in [0.15, 0.2) is 18.2 Å². The zero-order valence-corrected chi connectivity index (χ0v) is 76.7. The van der Waals surface area contributed by atoms with Crippen molar-refractivity contribution in [1.82, 2.24) is 0 Å². The van der Waals surface area contributed by atoms with Crippen molar-refractivity contribution in [3.05, 3.63) is 34.9 Å². The Hall–Kier alpha value is -2.22. The first-order chi connectivity index (χ1) is 62.0. The lowest BCUT2D eigenvalue weighted by molar-refractivity contribution is -0.318. The molecule has 6 fully saturated rings. The summed E-state index contributed by atoms with van der Waals surface area (Å²) < 4.78 is 76.1. The lowest BCUT2D eigenvalue weighted by atomic mass is 9.74. The molecule has 36 heteroatoms. The predicted octanol–water partition coefficient (Wildman–Crippen LogP) is 1.28. The van der Waals surface area contributed by atoms with E-state index in [4.69, 9.17) is 56.8 Å². The minimum absolute atomic E-state index is 0.150. The van der Waals surface area contributed by atoms with E-state index in [9.17, 15) is 123 Å². The highest BCUT2D eigenvalue weighted by Gasteiger charge is 2.53. The van der Waals surface area contributed by atoms with Crippen LogP contribution in [0, 0.1) is 16.2 Å². The molecule has 0 bridgehead atoms. The van der Waals surface area contributed by atoms with Crippen LogP contribution in [0.3, 0.4) is 0 Å². The third-order valence-electron chi connectivity index (χ3n) is 27.2. The molecule has 0 aliphatic carbocycles. The summed E-state index contributed by atoms with van der Waals surface area (Å²) in [6.07, 6.45) is -22.3. The molecular formula is C93H168O36. The summed E-state index contributed by atoms with van der Waals surface area (Å²) >= 11 is 0. The highest BCUT2D eigenvalue weighted by molar-refractivity contribution is 5.33. The van der Waals surface area contributed by atoms with Gasteiger partial charge in [0.15, 0.2) is 37.7 Å². The number of aliphatic hydroxyl groups excluding tert-OH is 24. The van der Waals surface area contributed by atoms with Crippen LogP contribution in [0.25, 0.3) is 0 Å². The van der Waals surface area contributed by atoms with Gasteiger partial charge in [0.1, 0.15) is 146 Å². The molecule has 12 unspecified atom stereocenters. The largest absolute Gasteiger partial charge is 0.394 e. The topological polar surface area (TPSA) is 596 Å². The van der Waals surface area contributed by atoms with E-state index in [1.165, 1.54) is 0 Å². The van der Waals surface area contributed by atoms with E-state index in [1.54, 1.807) is 0 Å². The van der Waals surface area contributed by atoms with Crippen LogP contribution in [0.2, 0.25) is 0 Å². The average Bonchev–Trinajstić information content (AvgIpc) is 0.782. The van der Waals surface area contributed by atoms with Crippen molar-refractivity contribution in [3.63, 3.8) is 0 Å². The van der Waals surface area contributed by atoms with E-state index in [-0.39, 0.29) is 38.5 Å². The van der Waals surface area contributed by atoms with Crippen LogP contribution in [0.1, 0.15) is 269 Å². The SMILES string of the molecule is CCCCCCCCCCCCCC(CO[C@@H]1OC(CO)[C@@H](O)[C@H](O)C1O)(CO[C@@H]1OC(CO)[C@@H](O)[C@H](O)C1O)Cc1cc(CC(CCCCCCCCCCCCC)(CO[C@@H]2OC(CO)[C@@H](O)[C@H](O)C2O)CO[C@@H]2OC(CO)[C@@H](O)[C@H](O)C2O)cc(CC(CCCCCCCCCCCCC)(CO[C@@H]2OC(CO)[C@@H](O)[C@H](O)C2O)CO[C@@H]2OC(CO)[C@@H](O)[C@H](O)C2O)c1. The molecular weight excluding hydrogens is 1690 g/mol. The average molecular weight is 1860 g/mol. The van der Waals surface area contributed by atoms with Gasteiger partial charge in [-0.05, 0) is 55.2 Å². The van der Waals surface area contributed by atoms with Gasteiger partial charge in [0.05, 0.1) is 79.3 Å². The van der Waals surface area contributed by atoms with Crippen molar-refractivity contribution in [2.24, 2.45) is 16.2 Å². The first-order valence-corrected chi connectivity index (χ1v) is 48.6. The lowest BCUT2D eigenvalue weighted by Crippen LogP contribution is -2.60. The molecule has 756 valence electrons. The molecule has 0 radical (unpaired) electrons. The number of benzene rings is 1. The van der Waals surface area contributed by atoms with E-state index in [0.717, 1.165) is 173 Å². The molecule has 0 saturated carbocycles. The molecule has 24 N–H and O–H groups in total. The zero-order chi connectivity index (χ0) is 94.2. The minimum Gasteiger partial charge on any atom is -0.394 e. The van der Waals surface area contributed by atoms with Crippen LogP contribution in [0.5, 0.6) is 0 Å². The maximum absolute atomic E-state index is 11.8. The van der Waals surface area contributed by atoms with E-state index >= 15 is 0 Å². The van der Waals surface area contributed by atoms with Crippen molar-refractivity contribution in [2.45, 2.75) is 455 Å². The Balaban J connectivity index is 1.51. The number of ether oxygens (including phenoxy) is 12. The Morgan fingerprint density at radius 1 is 0.202 bits per heavy atom. The summed E-state index contributed by atoms with van der Waals surface area (Å²) in [5.74, 6) is 0. The minimum atomic E-state index is -1.93. The third-order valence-corrected chi connectivity index (χ3v) is 27.2. The molecule has 7 rings (SSSR count). The molecule has 6 aliphatic rings. The zero-order valence-electron chi connectivity index (χ0n) is 76.7. The van der Waals surface area contributed by atoms with Crippen molar-refractivity contribution in [3.8, 4) is 0 Å². The van der Waals surface area contributed by atoms with Gasteiger partial charge in [0.25, 0.3) is 0 Å². The van der Waals surface area contributed by atoms with Crippen molar-refractivity contribution in [1.29, 1.82) is 0 Å². The standard InChI is InChI=1S/C93H168O36/c1-4-7-10-13-16-19-22-25-28-31-34-37-91(52-118-85-79(112)73(106)67(100)61(46-94)124-85,53-119-86-80(113)74(107)68(101)62(47-95)125-86)43-58-40-59(44-92(38-35-32-29-26-23-20-17-14-11-8-5-2,54-120-87-81(114)75(108)69(102)63(48-96)126-87)55-121-88-82(115)76(109)70(103)64(49-97)127-88)42-60(41-58)45-93(39-36-33-30-27-24-21-18-15-12-9-6-3,56-122-89-83(116)77(110)71(104)65(50-98)128-89)57-123-90-84(117)78(111)72(105)66(51-99)129-90/h40-42,61-90,94-117H,4-39,43-57H2,1-3H3/t61?,62?,63?,64?,65?,66?,67-,68-,69-,70-,71-,72-,73+,74+,75+,76+,77+,78+,79?,80?,81?,82?,83?,84?,85-,86-,87-,88-,89-,90-,91?,92?,93?/m1/s1. The van der Waals surface area contributed by atoms with Crippen molar-refractivity contribution < 1.29 is 179 Å². The van der Waals surface area contributed by atoms with Crippen LogP contribution >= 0.6 is 0 Å². The monoisotopic (exact) mass is 1860 g/mol. The molecule has 6 heterocycles. The molecule has 1 aromatic carbocycles. The van der Waals surface area contributed by atoms with Crippen LogP contribution < -0.4 is 0 Å². The van der Waals surface area contributed by atoms with Crippen LogP contribution in [-0.4, -0.2) is 386 Å². The number of rotatable bonds is 66. The van der Waals surface area contributed by atoms with Gasteiger partial charge >= 0.3 is 0 Å². The smallest absolute Gasteiger partial charge is 0.186 e. The summed E-state index contributed by atoms with van der Waals surface area (Å²) in [7, 11) is 0. The van der Waals surface area contributed by atoms with Gasteiger partial charge in [0, 0.05) is 16.2 Å². The van der Waals surface area contributed by atoms with Gasteiger partial charge in [-0.15, -0.1) is 0 Å². The molecule has 6 aliphatic heterocycles. The first kappa shape index (κ1) is 114. The molecule has 0 aromatic heterocycles. The summed E-state index contributed by atoms with van der Waals surface area (Å²) in [5, 5.41) is 268. The highest BCUT2D eigenvalue weighted by Crippen LogP contribution is 2.43. The molecule has 36 nitrogen and oxygen atoms in total. The van der Waals surface area contributed by atoms with Gasteiger partial charge in [-0.25, -0.2) is 0 Å². The van der Waals surface area contributed by atoms with Crippen molar-refractivity contribution >= 4 is 0 Å². The van der Waals surface area contributed by atoms with E-state index in [2.05, 4.69) is 20.8 Å². The Labute approximate surface area is 762 Å². The highest BCUT2D eigenvalue weighted by atomic mass is 16.7. The maximum Gasteiger partial charge on any atom is 0.186 e. The van der Waals surface area contributed by atoms with E-state index < -0.39 is 280 Å².